The molecule has 24 heavy (non-hydrogen) atoms. The first-order chi connectivity index (χ1) is 11.3. The molecule has 1 aromatic rings. The SMILES string of the molecule is CC=C1/C(=C\C(C)c2ccc(CCN)cc2)N1C(=O)OC(C)(C)C. The van der Waals surface area contributed by atoms with Crippen molar-refractivity contribution in [2.75, 3.05) is 6.54 Å². The molecule has 1 heterocycles. The average Bonchev–Trinajstić information content (AvgIpc) is 3.19. The van der Waals surface area contributed by atoms with Crippen molar-refractivity contribution < 1.29 is 9.53 Å². The lowest BCUT2D eigenvalue weighted by molar-refractivity contribution is 0.0447. The Morgan fingerprint density at radius 2 is 1.88 bits per heavy atom. The molecular formula is C20H28N2O2. The predicted octanol–water partition coefficient (Wildman–Crippen LogP) is 4.33. The Balaban J connectivity index is 2.10. The Hall–Kier alpha value is -2.07. The largest absolute Gasteiger partial charge is 0.443 e. The van der Waals surface area contributed by atoms with Crippen LogP contribution in [0.25, 0.3) is 0 Å². The fraction of sp³-hybridized carbons (Fsp3) is 0.450. The average molecular weight is 328 g/mol. The lowest BCUT2D eigenvalue weighted by Crippen LogP contribution is -2.26. The van der Waals surface area contributed by atoms with E-state index in [1.807, 2.05) is 33.8 Å². The third-order valence-electron chi connectivity index (χ3n) is 3.89. The molecule has 4 nitrogen and oxygen atoms in total. The van der Waals surface area contributed by atoms with Crippen molar-refractivity contribution in [2.24, 2.45) is 5.73 Å². The lowest BCUT2D eigenvalue weighted by Gasteiger charge is -2.19. The molecule has 1 unspecified atom stereocenters. The number of carbonyl (C=O) groups excluding carboxylic acids is 1. The molecule has 1 saturated heterocycles. The molecular weight excluding hydrogens is 300 g/mol. The maximum Gasteiger partial charge on any atom is 0.419 e. The highest BCUT2D eigenvalue weighted by atomic mass is 16.6. The number of rotatable bonds is 4. The smallest absolute Gasteiger partial charge is 0.419 e. The first-order valence-electron chi connectivity index (χ1n) is 8.47. The molecule has 1 aliphatic rings. The Kier molecular flexibility index (Phi) is 5.50. The Bertz CT molecular complexity index is 651. The van der Waals surface area contributed by atoms with Crippen molar-refractivity contribution in [2.45, 2.75) is 52.6 Å². The Morgan fingerprint density at radius 3 is 2.38 bits per heavy atom. The first kappa shape index (κ1) is 18.3. The summed E-state index contributed by atoms with van der Waals surface area (Å²) in [6.45, 7) is 10.3. The highest BCUT2D eigenvalue weighted by Gasteiger charge is 2.41. The summed E-state index contributed by atoms with van der Waals surface area (Å²) in [4.78, 5) is 13.9. The van der Waals surface area contributed by atoms with Gasteiger partial charge in [0.25, 0.3) is 0 Å². The highest BCUT2D eigenvalue weighted by Crippen LogP contribution is 2.41. The number of carbonyl (C=O) groups is 1. The van der Waals surface area contributed by atoms with Gasteiger partial charge in [-0.15, -0.1) is 0 Å². The van der Waals surface area contributed by atoms with Gasteiger partial charge in [-0.1, -0.05) is 43.3 Å². The fourth-order valence-corrected chi connectivity index (χ4v) is 2.62. The van der Waals surface area contributed by atoms with Crippen LogP contribution >= 0.6 is 0 Å². The Morgan fingerprint density at radius 1 is 1.25 bits per heavy atom. The van der Waals surface area contributed by atoms with Crippen molar-refractivity contribution in [1.82, 2.24) is 4.90 Å². The molecule has 0 saturated carbocycles. The highest BCUT2D eigenvalue weighted by molar-refractivity contribution is 5.82. The fourth-order valence-electron chi connectivity index (χ4n) is 2.62. The van der Waals surface area contributed by atoms with Gasteiger partial charge in [0.2, 0.25) is 0 Å². The number of allylic oxidation sites excluding steroid dienone is 2. The first-order valence-corrected chi connectivity index (χ1v) is 8.47. The van der Waals surface area contributed by atoms with Crippen LogP contribution < -0.4 is 5.73 Å². The van der Waals surface area contributed by atoms with E-state index in [0.29, 0.717) is 6.54 Å². The standard InChI is InChI=1S/C20H28N2O2/c1-6-17-18(22(17)19(23)24-20(3,4)5)13-14(2)16-9-7-15(8-10-16)11-12-21/h6-10,13-14H,11-12,21H2,1-5H3/b17-6?,18-13+. The quantitative estimate of drug-likeness (QED) is 0.837. The van der Waals surface area contributed by atoms with Gasteiger partial charge in [-0.25, -0.2) is 9.69 Å². The summed E-state index contributed by atoms with van der Waals surface area (Å²) >= 11 is 0. The van der Waals surface area contributed by atoms with Gasteiger partial charge in [0, 0.05) is 5.92 Å². The second-order valence-corrected chi connectivity index (χ2v) is 7.11. The number of nitrogens with zero attached hydrogens (tertiary/aromatic N) is 1. The molecule has 0 spiro atoms. The number of ether oxygens (including phenoxy) is 1. The topological polar surface area (TPSA) is 55.3 Å². The van der Waals surface area contributed by atoms with Crippen LogP contribution in [0, 0.1) is 0 Å². The molecule has 1 amide bonds. The molecule has 4 heteroatoms. The van der Waals surface area contributed by atoms with E-state index < -0.39 is 5.60 Å². The van der Waals surface area contributed by atoms with E-state index in [2.05, 4.69) is 37.3 Å². The minimum Gasteiger partial charge on any atom is -0.443 e. The van der Waals surface area contributed by atoms with Crippen LogP contribution in [0.1, 0.15) is 51.7 Å². The summed E-state index contributed by atoms with van der Waals surface area (Å²) in [7, 11) is 0. The minimum absolute atomic E-state index is 0.217. The van der Waals surface area contributed by atoms with E-state index >= 15 is 0 Å². The van der Waals surface area contributed by atoms with Crippen LogP contribution in [-0.4, -0.2) is 23.1 Å². The van der Waals surface area contributed by atoms with Gasteiger partial charge in [0.15, 0.2) is 0 Å². The van der Waals surface area contributed by atoms with Crippen LogP contribution in [0.4, 0.5) is 4.79 Å². The van der Waals surface area contributed by atoms with Gasteiger partial charge in [-0.2, -0.15) is 0 Å². The van der Waals surface area contributed by atoms with Gasteiger partial charge in [-0.05, 0) is 51.8 Å². The van der Waals surface area contributed by atoms with E-state index in [9.17, 15) is 4.79 Å². The second kappa shape index (κ2) is 7.22. The second-order valence-electron chi connectivity index (χ2n) is 7.11. The third kappa shape index (κ3) is 4.48. The monoisotopic (exact) mass is 328 g/mol. The van der Waals surface area contributed by atoms with Gasteiger partial charge in [0.1, 0.15) is 5.60 Å². The van der Waals surface area contributed by atoms with Gasteiger partial charge in [0.05, 0.1) is 11.4 Å². The minimum atomic E-state index is -0.492. The summed E-state index contributed by atoms with van der Waals surface area (Å²) in [5, 5.41) is 0. The summed E-state index contributed by atoms with van der Waals surface area (Å²) in [6, 6.07) is 8.49. The third-order valence-corrected chi connectivity index (χ3v) is 3.89. The summed E-state index contributed by atoms with van der Waals surface area (Å²) in [5.74, 6) is 0.217. The number of amides is 1. The summed E-state index contributed by atoms with van der Waals surface area (Å²) in [5.41, 5.74) is 9.42. The van der Waals surface area contributed by atoms with Crippen molar-refractivity contribution in [3.63, 3.8) is 0 Å². The van der Waals surface area contributed by atoms with Crippen molar-refractivity contribution in [3.05, 3.63) is 58.9 Å². The molecule has 0 radical (unpaired) electrons. The van der Waals surface area contributed by atoms with E-state index in [1.54, 1.807) is 4.90 Å². The predicted molar refractivity (Wildman–Crippen MR) is 97.5 cm³/mol. The van der Waals surface area contributed by atoms with E-state index in [4.69, 9.17) is 10.5 Å². The van der Waals surface area contributed by atoms with Crippen molar-refractivity contribution in [1.29, 1.82) is 0 Å². The van der Waals surface area contributed by atoms with E-state index in [-0.39, 0.29) is 12.0 Å². The zero-order valence-corrected chi connectivity index (χ0v) is 15.3. The molecule has 2 N–H and O–H groups in total. The maximum atomic E-state index is 12.2. The summed E-state index contributed by atoms with van der Waals surface area (Å²) < 4.78 is 5.45. The number of hydrogen-bond donors (Lipinski definition) is 1. The summed E-state index contributed by atoms with van der Waals surface area (Å²) in [6.07, 6.45) is 4.63. The van der Waals surface area contributed by atoms with Gasteiger partial charge in [-0.3, -0.25) is 0 Å². The lowest BCUT2D eigenvalue weighted by atomic mass is 9.98. The zero-order valence-electron chi connectivity index (χ0n) is 15.3. The van der Waals surface area contributed by atoms with E-state index in [0.717, 1.165) is 17.8 Å². The molecule has 1 fully saturated rings. The molecule has 2 rings (SSSR count). The number of hydrogen-bond acceptors (Lipinski definition) is 3. The van der Waals surface area contributed by atoms with Crippen molar-refractivity contribution in [3.8, 4) is 0 Å². The maximum absolute atomic E-state index is 12.2. The molecule has 1 aliphatic heterocycles. The van der Waals surface area contributed by atoms with Crippen molar-refractivity contribution >= 4 is 6.09 Å². The Labute approximate surface area is 145 Å². The number of nitrogens with two attached hydrogens (primary N) is 1. The van der Waals surface area contributed by atoms with Crippen LogP contribution in [0.2, 0.25) is 0 Å². The van der Waals surface area contributed by atoms with Gasteiger partial charge < -0.3 is 10.5 Å². The molecule has 0 bridgehead atoms. The van der Waals surface area contributed by atoms with Crippen LogP contribution in [0.15, 0.2) is 47.8 Å². The van der Waals surface area contributed by atoms with Gasteiger partial charge >= 0.3 is 6.09 Å². The zero-order chi connectivity index (χ0) is 17.9. The molecule has 1 aromatic carbocycles. The molecule has 130 valence electrons. The van der Waals surface area contributed by atoms with Crippen LogP contribution in [0.5, 0.6) is 0 Å². The van der Waals surface area contributed by atoms with E-state index in [1.165, 1.54) is 11.1 Å². The normalized spacial score (nSPS) is 18.8. The molecule has 1 atom stereocenters. The molecule has 0 aromatic heterocycles. The molecule has 0 aliphatic carbocycles. The number of benzene rings is 1. The van der Waals surface area contributed by atoms with Crippen LogP contribution in [0.3, 0.4) is 0 Å². The van der Waals surface area contributed by atoms with Crippen LogP contribution in [-0.2, 0) is 11.2 Å².